The average Bonchev–Trinajstić information content (AvgIpc) is 2.66. The molecule has 94 valence electrons. The van der Waals surface area contributed by atoms with E-state index in [-0.39, 0.29) is 12.4 Å². The Morgan fingerprint density at radius 2 is 2.11 bits per heavy atom. The van der Waals surface area contributed by atoms with Gasteiger partial charge in [-0.05, 0) is 43.0 Å². The summed E-state index contributed by atoms with van der Waals surface area (Å²) in [5.41, 5.74) is 0.698. The van der Waals surface area contributed by atoms with Crippen molar-refractivity contribution in [2.75, 3.05) is 6.61 Å². The number of ketones is 1. The summed E-state index contributed by atoms with van der Waals surface area (Å²) in [6, 6.07) is 4.87. The van der Waals surface area contributed by atoms with E-state index in [0.29, 0.717) is 10.4 Å². The third-order valence-electron chi connectivity index (χ3n) is 2.59. The molecule has 0 atom stereocenters. The van der Waals surface area contributed by atoms with Crippen molar-refractivity contribution in [3.63, 3.8) is 0 Å². The molecule has 1 heterocycles. The van der Waals surface area contributed by atoms with E-state index < -0.39 is 11.8 Å². The van der Waals surface area contributed by atoms with Gasteiger partial charge in [-0.1, -0.05) is 0 Å². The van der Waals surface area contributed by atoms with Crippen LogP contribution in [0, 0.1) is 6.92 Å². The van der Waals surface area contributed by atoms with Gasteiger partial charge in [0, 0.05) is 4.70 Å². The van der Waals surface area contributed by atoms with E-state index in [1.165, 1.54) is 11.3 Å². The number of fused-ring (bicyclic) bond motifs is 1. The van der Waals surface area contributed by atoms with Gasteiger partial charge in [-0.2, -0.15) is 0 Å². The average molecular weight is 264 g/mol. The van der Waals surface area contributed by atoms with Crippen molar-refractivity contribution >= 4 is 33.2 Å². The number of hydrogen-bond donors (Lipinski definition) is 1. The largest absolute Gasteiger partial charge is 0.508 e. The van der Waals surface area contributed by atoms with Gasteiger partial charge >= 0.3 is 5.97 Å². The lowest BCUT2D eigenvalue weighted by molar-refractivity contribution is -0.137. The van der Waals surface area contributed by atoms with Crippen LogP contribution in [0.2, 0.25) is 0 Å². The minimum Gasteiger partial charge on any atom is -0.508 e. The number of benzene rings is 1. The fourth-order valence-electron chi connectivity index (χ4n) is 1.71. The van der Waals surface area contributed by atoms with Crippen LogP contribution in [0.5, 0.6) is 5.75 Å². The van der Waals surface area contributed by atoms with Crippen LogP contribution in [0.1, 0.15) is 22.2 Å². The number of phenolic OH excluding ortho intramolecular Hbond substituents is 1. The maximum atomic E-state index is 11.9. The van der Waals surface area contributed by atoms with E-state index in [4.69, 9.17) is 4.74 Å². The molecule has 0 spiro atoms. The van der Waals surface area contributed by atoms with E-state index in [0.717, 1.165) is 10.1 Å². The van der Waals surface area contributed by atoms with Crippen LogP contribution in [-0.2, 0) is 9.53 Å². The quantitative estimate of drug-likeness (QED) is 0.526. The zero-order valence-electron chi connectivity index (χ0n) is 10.0. The summed E-state index contributed by atoms with van der Waals surface area (Å²) in [6.07, 6.45) is 0. The van der Waals surface area contributed by atoms with Crippen LogP contribution in [0.15, 0.2) is 18.2 Å². The molecule has 0 radical (unpaired) electrons. The van der Waals surface area contributed by atoms with Crippen molar-refractivity contribution in [2.24, 2.45) is 0 Å². The number of hydrogen-bond acceptors (Lipinski definition) is 5. The Hall–Kier alpha value is -1.88. The standard InChI is InChI=1S/C13H12O4S/c1-3-17-13(16)11(15)12-7(2)9-6-8(14)4-5-10(9)18-12/h4-6,14H,3H2,1-2H3. The Morgan fingerprint density at radius 3 is 2.78 bits per heavy atom. The highest BCUT2D eigenvalue weighted by atomic mass is 32.1. The van der Waals surface area contributed by atoms with Crippen LogP contribution >= 0.6 is 11.3 Å². The molecule has 0 aliphatic carbocycles. The number of aromatic hydroxyl groups is 1. The number of rotatable bonds is 3. The van der Waals surface area contributed by atoms with Crippen molar-refractivity contribution in [1.82, 2.24) is 0 Å². The van der Waals surface area contributed by atoms with Gasteiger partial charge in [0.2, 0.25) is 0 Å². The monoisotopic (exact) mass is 264 g/mol. The van der Waals surface area contributed by atoms with E-state index >= 15 is 0 Å². The molecule has 0 aliphatic heterocycles. The van der Waals surface area contributed by atoms with Gasteiger partial charge in [-0.15, -0.1) is 11.3 Å². The third-order valence-corrected chi connectivity index (χ3v) is 3.86. The fraction of sp³-hybridized carbons (Fsp3) is 0.231. The molecule has 0 amide bonds. The third kappa shape index (κ3) is 2.09. The molecule has 1 N–H and O–H groups in total. The molecule has 0 saturated carbocycles. The molecule has 0 aliphatic rings. The van der Waals surface area contributed by atoms with E-state index in [2.05, 4.69) is 0 Å². The fourth-order valence-corrected chi connectivity index (χ4v) is 2.83. The van der Waals surface area contributed by atoms with Gasteiger partial charge < -0.3 is 9.84 Å². The van der Waals surface area contributed by atoms with E-state index in [1.807, 2.05) is 0 Å². The predicted molar refractivity (Wildman–Crippen MR) is 69.2 cm³/mol. The number of ether oxygens (including phenoxy) is 1. The molecule has 0 unspecified atom stereocenters. The molecule has 4 nitrogen and oxygen atoms in total. The highest BCUT2D eigenvalue weighted by Crippen LogP contribution is 2.33. The molecule has 0 saturated heterocycles. The molecule has 2 rings (SSSR count). The molecule has 5 heteroatoms. The molecule has 1 aromatic carbocycles. The maximum absolute atomic E-state index is 11.9. The summed E-state index contributed by atoms with van der Waals surface area (Å²) < 4.78 is 5.56. The number of esters is 1. The second-order valence-corrected chi connectivity index (χ2v) is 4.84. The van der Waals surface area contributed by atoms with E-state index in [9.17, 15) is 14.7 Å². The minimum absolute atomic E-state index is 0.138. The second-order valence-electron chi connectivity index (χ2n) is 3.79. The van der Waals surface area contributed by atoms with Crippen molar-refractivity contribution in [3.8, 4) is 5.75 Å². The first-order chi connectivity index (χ1) is 8.54. The van der Waals surface area contributed by atoms with Gasteiger partial charge in [0.05, 0.1) is 11.5 Å². The number of Topliss-reactive ketones (excluding diaryl/α,β-unsaturated/α-hetero) is 1. The lowest BCUT2D eigenvalue weighted by Crippen LogP contribution is -2.17. The Kier molecular flexibility index (Phi) is 3.34. The number of carbonyl (C=O) groups is 2. The van der Waals surface area contributed by atoms with Crippen LogP contribution in [0.25, 0.3) is 10.1 Å². The first kappa shape index (κ1) is 12.6. The topological polar surface area (TPSA) is 63.6 Å². The lowest BCUT2D eigenvalue weighted by Gasteiger charge is -1.99. The zero-order valence-corrected chi connectivity index (χ0v) is 10.8. The van der Waals surface area contributed by atoms with E-state index in [1.54, 1.807) is 32.0 Å². The van der Waals surface area contributed by atoms with Gasteiger partial charge in [0.1, 0.15) is 5.75 Å². The van der Waals surface area contributed by atoms with Crippen LogP contribution in [-0.4, -0.2) is 23.5 Å². The van der Waals surface area contributed by atoms with Crippen molar-refractivity contribution in [3.05, 3.63) is 28.6 Å². The highest BCUT2D eigenvalue weighted by molar-refractivity contribution is 7.21. The van der Waals surface area contributed by atoms with Crippen molar-refractivity contribution in [1.29, 1.82) is 0 Å². The first-order valence-corrected chi connectivity index (χ1v) is 6.29. The summed E-state index contributed by atoms with van der Waals surface area (Å²) in [4.78, 5) is 23.7. The number of thiophene rings is 1. The van der Waals surface area contributed by atoms with Gasteiger partial charge in [-0.25, -0.2) is 4.79 Å². The van der Waals surface area contributed by atoms with Gasteiger partial charge in [0.15, 0.2) is 0 Å². The molecule has 18 heavy (non-hydrogen) atoms. The van der Waals surface area contributed by atoms with Gasteiger partial charge in [0.25, 0.3) is 5.78 Å². The summed E-state index contributed by atoms with van der Waals surface area (Å²) in [7, 11) is 0. The zero-order chi connectivity index (χ0) is 13.3. The minimum atomic E-state index is -0.837. The van der Waals surface area contributed by atoms with Crippen LogP contribution < -0.4 is 0 Å². The number of carbonyl (C=O) groups excluding carboxylic acids is 2. The van der Waals surface area contributed by atoms with Crippen LogP contribution in [0.3, 0.4) is 0 Å². The molecular formula is C13H12O4S. The Balaban J connectivity index is 2.49. The maximum Gasteiger partial charge on any atom is 0.380 e. The normalized spacial score (nSPS) is 10.6. The number of aryl methyl sites for hydroxylation is 1. The summed E-state index contributed by atoms with van der Waals surface area (Å²) in [5.74, 6) is -1.33. The highest BCUT2D eigenvalue weighted by Gasteiger charge is 2.23. The van der Waals surface area contributed by atoms with Crippen molar-refractivity contribution in [2.45, 2.75) is 13.8 Å². The second kappa shape index (κ2) is 4.78. The van der Waals surface area contributed by atoms with Gasteiger partial charge in [-0.3, -0.25) is 4.79 Å². The summed E-state index contributed by atoms with van der Waals surface area (Å²) in [5, 5.41) is 10.2. The first-order valence-electron chi connectivity index (χ1n) is 5.48. The summed E-state index contributed by atoms with van der Waals surface area (Å²) >= 11 is 1.23. The predicted octanol–water partition coefficient (Wildman–Crippen LogP) is 2.66. The molecule has 1 aromatic heterocycles. The van der Waals surface area contributed by atoms with Crippen molar-refractivity contribution < 1.29 is 19.4 Å². The summed E-state index contributed by atoms with van der Waals surface area (Å²) in [6.45, 7) is 3.58. The Bertz CT molecular complexity index is 627. The molecule has 2 aromatic rings. The smallest absolute Gasteiger partial charge is 0.380 e. The molecule has 0 fully saturated rings. The lowest BCUT2D eigenvalue weighted by atomic mass is 10.1. The van der Waals surface area contributed by atoms with Crippen LogP contribution in [0.4, 0.5) is 0 Å². The molecular weight excluding hydrogens is 252 g/mol. The SMILES string of the molecule is CCOC(=O)C(=O)c1sc2ccc(O)cc2c1C. The number of phenols is 1. The Morgan fingerprint density at radius 1 is 1.39 bits per heavy atom. The molecule has 0 bridgehead atoms. The Labute approximate surface area is 108 Å².